The second-order valence-electron chi connectivity index (χ2n) is 7.92. The lowest BCUT2D eigenvalue weighted by Crippen LogP contribution is -2.32. The van der Waals surface area contributed by atoms with Crippen molar-refractivity contribution in [2.45, 2.75) is 38.6 Å². The van der Waals surface area contributed by atoms with Gasteiger partial charge in [0.2, 0.25) is 0 Å². The standard InChI is InChI=1S/C24H25N3O4/c1-15(17-12-11-16-7-3-4-8-18(16)13-17)25-21(28)14-31-24(30)22-19-9-5-6-10-20(19)23(29)27(2)26-22/h5-6,9-13,15H,3-4,7-8,14H2,1-2H3,(H,25,28). The van der Waals surface area contributed by atoms with Crippen molar-refractivity contribution in [2.24, 2.45) is 7.05 Å². The lowest BCUT2D eigenvalue weighted by molar-refractivity contribution is -0.124. The summed E-state index contributed by atoms with van der Waals surface area (Å²) in [7, 11) is 1.47. The number of rotatable bonds is 5. The molecule has 0 saturated heterocycles. The minimum atomic E-state index is -0.747. The summed E-state index contributed by atoms with van der Waals surface area (Å²) in [6.45, 7) is 1.49. The molecule has 1 heterocycles. The van der Waals surface area contributed by atoms with E-state index in [9.17, 15) is 14.4 Å². The molecule has 0 aliphatic heterocycles. The number of esters is 1. The zero-order valence-corrected chi connectivity index (χ0v) is 17.7. The molecule has 7 nitrogen and oxygen atoms in total. The molecule has 0 fully saturated rings. The predicted octanol–water partition coefficient (Wildman–Crippen LogP) is 2.85. The molecular formula is C24H25N3O4. The Morgan fingerprint density at radius 2 is 1.81 bits per heavy atom. The first kappa shape index (κ1) is 20.8. The van der Waals surface area contributed by atoms with Crippen LogP contribution in [0.5, 0.6) is 0 Å². The second kappa shape index (κ2) is 8.71. The highest BCUT2D eigenvalue weighted by Gasteiger charge is 2.19. The van der Waals surface area contributed by atoms with Crippen LogP contribution in [-0.2, 0) is 29.4 Å². The van der Waals surface area contributed by atoms with Gasteiger partial charge in [0.05, 0.1) is 11.4 Å². The van der Waals surface area contributed by atoms with Crippen LogP contribution in [-0.4, -0.2) is 28.3 Å². The zero-order chi connectivity index (χ0) is 22.0. The molecule has 1 atom stereocenters. The van der Waals surface area contributed by atoms with Crippen molar-refractivity contribution in [3.63, 3.8) is 0 Å². The van der Waals surface area contributed by atoms with Gasteiger partial charge in [-0.1, -0.05) is 36.4 Å². The van der Waals surface area contributed by atoms with E-state index < -0.39 is 18.5 Å². The maximum atomic E-state index is 12.6. The smallest absolute Gasteiger partial charge is 0.359 e. The topological polar surface area (TPSA) is 90.3 Å². The Morgan fingerprint density at radius 1 is 1.10 bits per heavy atom. The fourth-order valence-corrected chi connectivity index (χ4v) is 4.04. The monoisotopic (exact) mass is 419 g/mol. The largest absolute Gasteiger partial charge is 0.451 e. The van der Waals surface area contributed by atoms with Crippen molar-refractivity contribution in [2.75, 3.05) is 6.61 Å². The van der Waals surface area contributed by atoms with Crippen LogP contribution < -0.4 is 10.9 Å². The maximum Gasteiger partial charge on any atom is 0.359 e. The molecule has 3 aromatic rings. The lowest BCUT2D eigenvalue weighted by Gasteiger charge is -2.20. The Bertz CT molecular complexity index is 1220. The third-order valence-corrected chi connectivity index (χ3v) is 5.73. The molecule has 1 aliphatic carbocycles. The van der Waals surface area contributed by atoms with Crippen LogP contribution in [0.25, 0.3) is 10.8 Å². The van der Waals surface area contributed by atoms with Crippen molar-refractivity contribution in [3.8, 4) is 0 Å². The van der Waals surface area contributed by atoms with Crippen LogP contribution in [0.15, 0.2) is 47.3 Å². The van der Waals surface area contributed by atoms with Crippen LogP contribution in [0.2, 0.25) is 0 Å². The van der Waals surface area contributed by atoms with E-state index in [2.05, 4.69) is 22.5 Å². The quantitative estimate of drug-likeness (QED) is 0.643. The molecule has 1 aliphatic rings. The summed E-state index contributed by atoms with van der Waals surface area (Å²) < 4.78 is 6.29. The highest BCUT2D eigenvalue weighted by atomic mass is 16.5. The number of hydrogen-bond donors (Lipinski definition) is 1. The summed E-state index contributed by atoms with van der Waals surface area (Å²) in [6, 6.07) is 12.8. The van der Waals surface area contributed by atoms with Gasteiger partial charge < -0.3 is 10.1 Å². The van der Waals surface area contributed by atoms with E-state index in [0.29, 0.717) is 10.8 Å². The number of nitrogens with one attached hydrogen (secondary N) is 1. The molecule has 1 unspecified atom stereocenters. The van der Waals surface area contributed by atoms with Gasteiger partial charge in [0.15, 0.2) is 12.3 Å². The third kappa shape index (κ3) is 4.35. The number of amides is 1. The number of nitrogens with zero attached hydrogens (tertiary/aromatic N) is 2. The van der Waals surface area contributed by atoms with Gasteiger partial charge in [0.25, 0.3) is 11.5 Å². The molecular weight excluding hydrogens is 394 g/mol. The van der Waals surface area contributed by atoms with Crippen molar-refractivity contribution in [3.05, 3.63) is 75.2 Å². The summed E-state index contributed by atoms with van der Waals surface area (Å²) >= 11 is 0. The van der Waals surface area contributed by atoms with Gasteiger partial charge in [0, 0.05) is 12.4 Å². The maximum absolute atomic E-state index is 12.6. The Kier molecular flexibility index (Phi) is 5.84. The molecule has 0 spiro atoms. The van der Waals surface area contributed by atoms with Gasteiger partial charge >= 0.3 is 5.97 Å². The van der Waals surface area contributed by atoms with E-state index in [-0.39, 0.29) is 17.3 Å². The van der Waals surface area contributed by atoms with E-state index in [0.717, 1.165) is 23.1 Å². The van der Waals surface area contributed by atoms with Gasteiger partial charge in [-0.05, 0) is 55.4 Å². The molecule has 1 amide bonds. The normalized spacial score (nSPS) is 14.0. The summed E-state index contributed by atoms with van der Waals surface area (Å²) in [5, 5.41) is 7.68. The Balaban J connectivity index is 1.41. The molecule has 1 N–H and O–H groups in total. The molecule has 0 bridgehead atoms. The summed E-state index contributed by atoms with van der Waals surface area (Å²) in [5.74, 6) is -1.14. The molecule has 4 rings (SSSR count). The van der Waals surface area contributed by atoms with Gasteiger partial charge in [-0.2, -0.15) is 5.10 Å². The van der Waals surface area contributed by atoms with Crippen LogP contribution in [0.1, 0.15) is 53.0 Å². The number of carbonyl (C=O) groups excluding carboxylic acids is 2. The fourth-order valence-electron chi connectivity index (χ4n) is 4.04. The second-order valence-corrected chi connectivity index (χ2v) is 7.92. The number of benzene rings is 2. The number of carbonyl (C=O) groups is 2. The summed E-state index contributed by atoms with van der Waals surface area (Å²) in [4.78, 5) is 37.1. The average molecular weight is 419 g/mol. The Labute approximate surface area is 180 Å². The summed E-state index contributed by atoms with van der Waals surface area (Å²) in [5.41, 5.74) is 3.48. The van der Waals surface area contributed by atoms with Crippen molar-refractivity contribution in [1.29, 1.82) is 0 Å². The Morgan fingerprint density at radius 3 is 2.58 bits per heavy atom. The van der Waals surface area contributed by atoms with E-state index in [1.54, 1.807) is 24.3 Å². The first-order valence-corrected chi connectivity index (χ1v) is 10.5. The molecule has 7 heteroatoms. The van der Waals surface area contributed by atoms with E-state index in [1.165, 1.54) is 31.0 Å². The van der Waals surface area contributed by atoms with Crippen molar-refractivity contribution >= 4 is 22.6 Å². The molecule has 31 heavy (non-hydrogen) atoms. The zero-order valence-electron chi connectivity index (χ0n) is 17.7. The SMILES string of the molecule is CC(NC(=O)COC(=O)c1nn(C)c(=O)c2ccccc12)c1ccc2c(c1)CCCC2. The highest BCUT2D eigenvalue weighted by Crippen LogP contribution is 2.24. The van der Waals surface area contributed by atoms with Crippen LogP contribution in [0.3, 0.4) is 0 Å². The van der Waals surface area contributed by atoms with Gasteiger partial charge in [-0.25, -0.2) is 9.48 Å². The van der Waals surface area contributed by atoms with Crippen LogP contribution >= 0.6 is 0 Å². The number of ether oxygens (including phenoxy) is 1. The lowest BCUT2D eigenvalue weighted by atomic mass is 9.89. The summed E-state index contributed by atoms with van der Waals surface area (Å²) in [6.07, 6.45) is 4.60. The van der Waals surface area contributed by atoms with E-state index >= 15 is 0 Å². The minimum absolute atomic E-state index is 0.00763. The number of fused-ring (bicyclic) bond motifs is 2. The van der Waals surface area contributed by atoms with Crippen LogP contribution in [0, 0.1) is 0 Å². The molecule has 1 aromatic heterocycles. The number of aryl methyl sites for hydroxylation is 3. The molecule has 160 valence electrons. The first-order chi connectivity index (χ1) is 14.9. The van der Waals surface area contributed by atoms with E-state index in [1.807, 2.05) is 13.0 Å². The van der Waals surface area contributed by atoms with Crippen LogP contribution in [0.4, 0.5) is 0 Å². The number of aromatic nitrogens is 2. The van der Waals surface area contributed by atoms with Gasteiger partial charge in [-0.3, -0.25) is 9.59 Å². The minimum Gasteiger partial charge on any atom is -0.451 e. The predicted molar refractivity (Wildman–Crippen MR) is 117 cm³/mol. The average Bonchev–Trinajstić information content (AvgIpc) is 2.79. The van der Waals surface area contributed by atoms with Crippen molar-refractivity contribution < 1.29 is 14.3 Å². The fraction of sp³-hybridized carbons (Fsp3) is 0.333. The van der Waals surface area contributed by atoms with Gasteiger partial charge in [-0.15, -0.1) is 0 Å². The molecule has 2 aromatic carbocycles. The highest BCUT2D eigenvalue weighted by molar-refractivity contribution is 6.02. The van der Waals surface area contributed by atoms with Gasteiger partial charge in [0.1, 0.15) is 0 Å². The molecule has 0 radical (unpaired) electrons. The van der Waals surface area contributed by atoms with Crippen molar-refractivity contribution in [1.82, 2.24) is 15.1 Å². The molecule has 0 saturated carbocycles. The Hall–Kier alpha value is -3.48. The van der Waals surface area contributed by atoms with E-state index in [4.69, 9.17) is 4.74 Å². The first-order valence-electron chi connectivity index (χ1n) is 10.5. The third-order valence-electron chi connectivity index (χ3n) is 5.73. The number of hydrogen-bond acceptors (Lipinski definition) is 5.